The van der Waals surface area contributed by atoms with Gasteiger partial charge in [-0.15, -0.1) is 0 Å². The summed E-state index contributed by atoms with van der Waals surface area (Å²) in [5.41, 5.74) is 2.74. The highest BCUT2D eigenvalue weighted by atomic mass is 32.2. The maximum atomic E-state index is 13.0. The Bertz CT molecular complexity index is 939. The van der Waals surface area contributed by atoms with Crippen LogP contribution >= 0.6 is 0 Å². The Morgan fingerprint density at radius 3 is 2.52 bits per heavy atom. The Labute approximate surface area is 161 Å². The van der Waals surface area contributed by atoms with Gasteiger partial charge in [0.1, 0.15) is 5.75 Å². The minimum absolute atomic E-state index is 0.0809. The van der Waals surface area contributed by atoms with Crippen molar-refractivity contribution in [3.05, 3.63) is 41.7 Å². The first-order chi connectivity index (χ1) is 12.7. The quantitative estimate of drug-likeness (QED) is 0.806. The summed E-state index contributed by atoms with van der Waals surface area (Å²) in [6.07, 6.45) is 4.15. The highest BCUT2D eigenvalue weighted by Gasteiger charge is 2.31. The SMILES string of the molecule is Cc1ccc(C)c(-n2ccnc2S(=O)(=O)CC(=O)N2C[C@H](C)C[C@@H](C)C2)c1. The molecule has 146 valence electrons. The van der Waals surface area contributed by atoms with Crippen LogP contribution in [0.2, 0.25) is 0 Å². The summed E-state index contributed by atoms with van der Waals surface area (Å²) in [5.74, 6) is -0.118. The molecular weight excluding hydrogens is 362 g/mol. The maximum absolute atomic E-state index is 13.0. The first-order valence-electron chi connectivity index (χ1n) is 9.29. The van der Waals surface area contributed by atoms with Crippen molar-refractivity contribution < 1.29 is 13.2 Å². The number of aromatic nitrogens is 2. The minimum Gasteiger partial charge on any atom is -0.341 e. The van der Waals surface area contributed by atoms with Crippen molar-refractivity contribution >= 4 is 15.7 Å². The molecule has 2 heterocycles. The van der Waals surface area contributed by atoms with Crippen LogP contribution < -0.4 is 0 Å². The molecule has 1 fully saturated rings. The van der Waals surface area contributed by atoms with E-state index in [0.717, 1.165) is 23.2 Å². The van der Waals surface area contributed by atoms with Gasteiger partial charge in [0.15, 0.2) is 0 Å². The highest BCUT2D eigenvalue weighted by Crippen LogP contribution is 2.23. The molecule has 2 atom stereocenters. The normalized spacial score (nSPS) is 20.7. The van der Waals surface area contributed by atoms with Crippen LogP contribution in [0.1, 0.15) is 31.4 Å². The van der Waals surface area contributed by atoms with E-state index in [1.165, 1.54) is 6.20 Å². The van der Waals surface area contributed by atoms with Crippen LogP contribution in [0.5, 0.6) is 0 Å². The largest absolute Gasteiger partial charge is 0.341 e. The maximum Gasteiger partial charge on any atom is 0.238 e. The summed E-state index contributed by atoms with van der Waals surface area (Å²) in [4.78, 5) is 18.4. The molecule has 7 heteroatoms. The lowest BCUT2D eigenvalue weighted by molar-refractivity contribution is -0.131. The molecule has 0 saturated carbocycles. The Kier molecular flexibility index (Phi) is 5.42. The Morgan fingerprint density at radius 2 is 1.85 bits per heavy atom. The zero-order chi connectivity index (χ0) is 19.8. The van der Waals surface area contributed by atoms with Gasteiger partial charge in [-0.05, 0) is 49.3 Å². The number of piperidine rings is 1. The fourth-order valence-corrected chi connectivity index (χ4v) is 5.18. The van der Waals surface area contributed by atoms with Gasteiger partial charge in [0.25, 0.3) is 0 Å². The van der Waals surface area contributed by atoms with E-state index in [0.29, 0.717) is 24.9 Å². The van der Waals surface area contributed by atoms with Crippen molar-refractivity contribution in [2.45, 2.75) is 39.3 Å². The Balaban J connectivity index is 1.87. The summed E-state index contributed by atoms with van der Waals surface area (Å²) in [6.45, 7) is 9.30. The number of hydrogen-bond donors (Lipinski definition) is 0. The molecule has 0 aliphatic carbocycles. The van der Waals surface area contributed by atoms with E-state index in [1.807, 2.05) is 32.0 Å². The first kappa shape index (κ1) is 19.6. The van der Waals surface area contributed by atoms with E-state index in [9.17, 15) is 13.2 Å². The standard InChI is InChI=1S/C20H27N3O3S/c1-14-5-6-17(4)18(10-14)23-8-7-21-20(23)27(25,26)13-19(24)22-11-15(2)9-16(3)12-22/h5-8,10,15-16H,9,11-13H2,1-4H3/t15-,16-/m1/s1. The summed E-state index contributed by atoms with van der Waals surface area (Å²) in [5, 5.41) is -0.0809. The van der Waals surface area contributed by atoms with Gasteiger partial charge in [-0.2, -0.15) is 0 Å². The monoisotopic (exact) mass is 389 g/mol. The molecule has 27 heavy (non-hydrogen) atoms. The molecule has 0 spiro atoms. The van der Waals surface area contributed by atoms with Gasteiger partial charge in [0.2, 0.25) is 20.9 Å². The smallest absolute Gasteiger partial charge is 0.238 e. The summed E-state index contributed by atoms with van der Waals surface area (Å²) >= 11 is 0. The van der Waals surface area contributed by atoms with Crippen molar-refractivity contribution in [1.29, 1.82) is 0 Å². The van der Waals surface area contributed by atoms with E-state index in [-0.39, 0.29) is 11.1 Å². The molecule has 1 aliphatic rings. The van der Waals surface area contributed by atoms with Crippen LogP contribution in [0.15, 0.2) is 35.7 Å². The second kappa shape index (κ2) is 7.46. The van der Waals surface area contributed by atoms with E-state index >= 15 is 0 Å². The molecule has 1 aromatic carbocycles. The Hall–Kier alpha value is -2.15. The average molecular weight is 390 g/mol. The average Bonchev–Trinajstić information content (AvgIpc) is 3.06. The van der Waals surface area contributed by atoms with Crippen LogP contribution in [0.3, 0.4) is 0 Å². The van der Waals surface area contributed by atoms with Crippen molar-refractivity contribution in [2.24, 2.45) is 11.8 Å². The van der Waals surface area contributed by atoms with Crippen molar-refractivity contribution in [3.63, 3.8) is 0 Å². The van der Waals surface area contributed by atoms with Crippen molar-refractivity contribution in [3.8, 4) is 5.69 Å². The zero-order valence-electron chi connectivity index (χ0n) is 16.3. The lowest BCUT2D eigenvalue weighted by Gasteiger charge is -2.34. The highest BCUT2D eigenvalue weighted by molar-refractivity contribution is 7.92. The fourth-order valence-electron chi connectivity index (χ4n) is 3.87. The molecule has 1 saturated heterocycles. The summed E-state index contributed by atoms with van der Waals surface area (Å²) < 4.78 is 27.5. The second-order valence-corrected chi connectivity index (χ2v) is 9.76. The number of carbonyl (C=O) groups excluding carboxylic acids is 1. The molecule has 0 radical (unpaired) electrons. The topological polar surface area (TPSA) is 72.3 Å². The van der Waals surface area contributed by atoms with Gasteiger partial charge in [-0.3, -0.25) is 9.36 Å². The van der Waals surface area contributed by atoms with Gasteiger partial charge < -0.3 is 4.90 Å². The lowest BCUT2D eigenvalue weighted by atomic mass is 9.92. The number of carbonyl (C=O) groups is 1. The number of rotatable bonds is 4. The predicted molar refractivity (Wildman–Crippen MR) is 105 cm³/mol. The van der Waals surface area contributed by atoms with Gasteiger partial charge in [-0.1, -0.05) is 26.0 Å². The van der Waals surface area contributed by atoms with E-state index in [2.05, 4.69) is 18.8 Å². The fraction of sp³-hybridized carbons (Fsp3) is 0.500. The predicted octanol–water partition coefficient (Wildman–Crippen LogP) is 2.77. The van der Waals surface area contributed by atoms with E-state index in [1.54, 1.807) is 15.7 Å². The third-order valence-corrected chi connectivity index (χ3v) is 6.53. The molecule has 1 aliphatic heterocycles. The number of aryl methyl sites for hydroxylation is 2. The number of hydrogen-bond acceptors (Lipinski definition) is 4. The third kappa shape index (κ3) is 4.24. The second-order valence-electron chi connectivity index (χ2n) is 7.87. The molecule has 1 aromatic heterocycles. The molecule has 6 nitrogen and oxygen atoms in total. The van der Waals surface area contributed by atoms with Crippen molar-refractivity contribution in [1.82, 2.24) is 14.5 Å². The van der Waals surface area contributed by atoms with Crippen LogP contribution in [-0.2, 0) is 14.6 Å². The van der Waals surface area contributed by atoms with Crippen LogP contribution in [0.25, 0.3) is 5.69 Å². The lowest BCUT2D eigenvalue weighted by Crippen LogP contribution is -2.45. The molecule has 0 unspecified atom stereocenters. The molecule has 3 rings (SSSR count). The molecule has 1 amide bonds. The van der Waals surface area contributed by atoms with Gasteiger partial charge in [0.05, 0.1) is 5.69 Å². The van der Waals surface area contributed by atoms with Crippen LogP contribution in [0, 0.1) is 25.7 Å². The number of nitrogens with zero attached hydrogens (tertiary/aromatic N) is 3. The van der Waals surface area contributed by atoms with Crippen LogP contribution in [0.4, 0.5) is 0 Å². The molecular formula is C20H27N3O3S. The van der Waals surface area contributed by atoms with Crippen LogP contribution in [-0.4, -0.2) is 47.6 Å². The molecule has 0 bridgehead atoms. The van der Waals surface area contributed by atoms with Crippen molar-refractivity contribution in [2.75, 3.05) is 18.8 Å². The summed E-state index contributed by atoms with van der Waals surface area (Å²) in [7, 11) is -3.85. The van der Waals surface area contributed by atoms with E-state index in [4.69, 9.17) is 0 Å². The number of amides is 1. The van der Waals surface area contributed by atoms with E-state index < -0.39 is 15.6 Å². The van der Waals surface area contributed by atoms with Gasteiger partial charge in [-0.25, -0.2) is 13.4 Å². The first-order valence-corrected chi connectivity index (χ1v) is 10.9. The van der Waals surface area contributed by atoms with Gasteiger partial charge in [0, 0.05) is 25.5 Å². The number of likely N-dealkylation sites (tertiary alicyclic amines) is 1. The number of imidazole rings is 1. The number of benzene rings is 1. The third-order valence-electron chi connectivity index (χ3n) is 5.04. The molecule has 0 N–H and O–H groups in total. The zero-order valence-corrected chi connectivity index (χ0v) is 17.2. The summed E-state index contributed by atoms with van der Waals surface area (Å²) in [6, 6.07) is 5.85. The minimum atomic E-state index is -3.85. The van der Waals surface area contributed by atoms with Gasteiger partial charge >= 0.3 is 0 Å². The Morgan fingerprint density at radius 1 is 1.19 bits per heavy atom. The number of sulfone groups is 1. The molecule has 2 aromatic rings.